The van der Waals surface area contributed by atoms with Gasteiger partial charge in [-0.2, -0.15) is 0 Å². The minimum atomic E-state index is 0.683. The molecule has 0 amide bonds. The molecule has 0 saturated heterocycles. The van der Waals surface area contributed by atoms with E-state index < -0.39 is 0 Å². The van der Waals surface area contributed by atoms with Crippen molar-refractivity contribution in [3.8, 4) is 0 Å². The lowest BCUT2D eigenvalue weighted by atomic mass is 10.2. The molecule has 13 heavy (non-hydrogen) atoms. The van der Waals surface area contributed by atoms with E-state index in [0.29, 0.717) is 10.7 Å². The molecule has 3 nitrogen and oxygen atoms in total. The van der Waals surface area contributed by atoms with E-state index >= 15 is 0 Å². The van der Waals surface area contributed by atoms with Crippen molar-refractivity contribution in [3.63, 3.8) is 0 Å². The van der Waals surface area contributed by atoms with Gasteiger partial charge in [0.2, 0.25) is 0 Å². The average Bonchev–Trinajstić information content (AvgIpc) is 2.61. The molecule has 1 aromatic rings. The average molecular weight is 196 g/mol. The summed E-state index contributed by atoms with van der Waals surface area (Å²) in [4.78, 5) is 4.27. The first-order valence-electron chi connectivity index (χ1n) is 4.11. The number of nitrogens with one attached hydrogen (secondary N) is 1. The molecule has 0 atom stereocenters. The fourth-order valence-corrected chi connectivity index (χ4v) is 1.51. The van der Waals surface area contributed by atoms with Crippen molar-refractivity contribution < 1.29 is 0 Å². The zero-order chi connectivity index (χ0) is 9.26. The fraction of sp³-hybridized carbons (Fsp3) is 0.222. The molecule has 3 N–H and O–H groups in total. The smallest absolute Gasteiger partial charge is 0.129 e. The third-order valence-electron chi connectivity index (χ3n) is 1.92. The zero-order valence-electron chi connectivity index (χ0n) is 7.05. The highest BCUT2D eigenvalue weighted by Crippen LogP contribution is 2.19. The Labute approximate surface area is 81.6 Å². The Morgan fingerprint density at radius 3 is 3.00 bits per heavy atom. The minimum Gasteiger partial charge on any atom is -0.399 e. The summed E-state index contributed by atoms with van der Waals surface area (Å²) >= 11 is 6.00. The number of aliphatic imine (C=N–C) groups is 1. The van der Waals surface area contributed by atoms with Crippen molar-refractivity contribution in [3.05, 3.63) is 28.8 Å². The molecule has 0 spiro atoms. The Bertz CT molecular complexity index is 360. The molecular formula is C9H10ClN3. The van der Waals surface area contributed by atoms with Gasteiger partial charge in [0.1, 0.15) is 5.84 Å². The van der Waals surface area contributed by atoms with Crippen LogP contribution < -0.4 is 11.1 Å². The van der Waals surface area contributed by atoms with E-state index in [1.54, 1.807) is 12.1 Å². The number of nitrogens with two attached hydrogens (primary N) is 1. The molecule has 0 saturated carbocycles. The Morgan fingerprint density at radius 1 is 1.46 bits per heavy atom. The third kappa shape index (κ3) is 1.60. The SMILES string of the molecule is Nc1ccc(Cl)c(C2=NCCN2)c1. The minimum absolute atomic E-state index is 0.683. The highest BCUT2D eigenvalue weighted by atomic mass is 35.5. The second kappa shape index (κ2) is 3.26. The summed E-state index contributed by atoms with van der Waals surface area (Å²) in [5.41, 5.74) is 7.25. The van der Waals surface area contributed by atoms with Gasteiger partial charge in [-0.05, 0) is 18.2 Å². The summed E-state index contributed by atoms with van der Waals surface area (Å²) < 4.78 is 0. The number of halogens is 1. The lowest BCUT2D eigenvalue weighted by Gasteiger charge is -2.05. The van der Waals surface area contributed by atoms with Crippen LogP contribution in [-0.4, -0.2) is 18.9 Å². The van der Waals surface area contributed by atoms with Gasteiger partial charge >= 0.3 is 0 Å². The number of amidine groups is 1. The highest BCUT2D eigenvalue weighted by Gasteiger charge is 2.11. The van der Waals surface area contributed by atoms with E-state index in [-0.39, 0.29) is 0 Å². The number of hydrogen-bond acceptors (Lipinski definition) is 3. The molecule has 68 valence electrons. The Hall–Kier alpha value is -1.22. The van der Waals surface area contributed by atoms with Crippen LogP contribution in [0.25, 0.3) is 0 Å². The van der Waals surface area contributed by atoms with Gasteiger partial charge in [0.05, 0.1) is 11.6 Å². The van der Waals surface area contributed by atoms with Crippen LogP contribution in [0.3, 0.4) is 0 Å². The zero-order valence-corrected chi connectivity index (χ0v) is 7.80. The van der Waals surface area contributed by atoms with Crippen LogP contribution in [0.1, 0.15) is 5.56 Å². The maximum atomic E-state index is 6.00. The first-order chi connectivity index (χ1) is 6.27. The summed E-state index contributed by atoms with van der Waals surface area (Å²) in [6.45, 7) is 1.68. The van der Waals surface area contributed by atoms with Gasteiger partial charge in [-0.25, -0.2) is 0 Å². The van der Waals surface area contributed by atoms with Crippen LogP contribution in [0.4, 0.5) is 5.69 Å². The molecule has 1 aliphatic rings. The molecule has 0 bridgehead atoms. The molecule has 1 heterocycles. The summed E-state index contributed by atoms with van der Waals surface area (Å²) in [5, 5.41) is 3.83. The molecule has 1 aliphatic heterocycles. The van der Waals surface area contributed by atoms with Crippen LogP contribution in [0, 0.1) is 0 Å². The Morgan fingerprint density at radius 2 is 2.31 bits per heavy atom. The lowest BCUT2D eigenvalue weighted by molar-refractivity contribution is 0.960. The number of anilines is 1. The van der Waals surface area contributed by atoms with Crippen molar-refractivity contribution in [2.24, 2.45) is 4.99 Å². The highest BCUT2D eigenvalue weighted by molar-refractivity contribution is 6.34. The van der Waals surface area contributed by atoms with Crippen LogP contribution >= 0.6 is 11.6 Å². The van der Waals surface area contributed by atoms with Crippen LogP contribution in [0.5, 0.6) is 0 Å². The van der Waals surface area contributed by atoms with E-state index in [1.165, 1.54) is 0 Å². The van der Waals surface area contributed by atoms with E-state index in [9.17, 15) is 0 Å². The fourth-order valence-electron chi connectivity index (χ4n) is 1.30. The molecule has 2 rings (SSSR count). The molecule has 1 aromatic carbocycles. The van der Waals surface area contributed by atoms with Crippen molar-refractivity contribution >= 4 is 23.1 Å². The van der Waals surface area contributed by atoms with Gasteiger partial charge in [-0.3, -0.25) is 4.99 Å². The lowest BCUT2D eigenvalue weighted by Crippen LogP contribution is -2.19. The predicted molar refractivity (Wildman–Crippen MR) is 55.3 cm³/mol. The van der Waals surface area contributed by atoms with Crippen molar-refractivity contribution in [2.75, 3.05) is 18.8 Å². The van der Waals surface area contributed by atoms with Gasteiger partial charge in [-0.1, -0.05) is 11.6 Å². The van der Waals surface area contributed by atoms with Gasteiger partial charge in [0.25, 0.3) is 0 Å². The molecule has 0 aromatic heterocycles. The molecule has 0 aliphatic carbocycles. The first kappa shape index (κ1) is 8.38. The van der Waals surface area contributed by atoms with E-state index in [4.69, 9.17) is 17.3 Å². The first-order valence-corrected chi connectivity index (χ1v) is 4.49. The maximum Gasteiger partial charge on any atom is 0.129 e. The second-order valence-corrected chi connectivity index (χ2v) is 3.30. The monoisotopic (exact) mass is 195 g/mol. The number of nitrogen functional groups attached to an aromatic ring is 1. The Balaban J connectivity index is 2.43. The standard InChI is InChI=1S/C9H10ClN3/c10-8-2-1-6(11)5-7(8)9-12-3-4-13-9/h1-2,5H,3-4,11H2,(H,12,13). The number of benzene rings is 1. The van der Waals surface area contributed by atoms with Crippen molar-refractivity contribution in [1.29, 1.82) is 0 Å². The summed E-state index contributed by atoms with van der Waals surface area (Å²) in [7, 11) is 0. The molecule has 0 radical (unpaired) electrons. The number of nitrogens with zero attached hydrogens (tertiary/aromatic N) is 1. The number of hydrogen-bond donors (Lipinski definition) is 2. The second-order valence-electron chi connectivity index (χ2n) is 2.90. The summed E-state index contributed by atoms with van der Waals surface area (Å²) in [6.07, 6.45) is 0. The quantitative estimate of drug-likeness (QED) is 0.664. The molecule has 0 unspecified atom stereocenters. The normalized spacial score (nSPS) is 15.3. The van der Waals surface area contributed by atoms with Gasteiger partial charge in [-0.15, -0.1) is 0 Å². The maximum absolute atomic E-state index is 6.00. The molecular weight excluding hydrogens is 186 g/mol. The summed E-state index contributed by atoms with van der Waals surface area (Å²) in [5.74, 6) is 0.845. The van der Waals surface area contributed by atoms with Crippen molar-refractivity contribution in [2.45, 2.75) is 0 Å². The number of rotatable bonds is 1. The van der Waals surface area contributed by atoms with E-state index in [0.717, 1.165) is 24.5 Å². The van der Waals surface area contributed by atoms with Crippen LogP contribution in [0.2, 0.25) is 5.02 Å². The topological polar surface area (TPSA) is 50.4 Å². The van der Waals surface area contributed by atoms with E-state index in [2.05, 4.69) is 10.3 Å². The van der Waals surface area contributed by atoms with Gasteiger partial charge in [0, 0.05) is 17.8 Å². The third-order valence-corrected chi connectivity index (χ3v) is 2.25. The van der Waals surface area contributed by atoms with Crippen molar-refractivity contribution in [1.82, 2.24) is 5.32 Å². The van der Waals surface area contributed by atoms with Crippen LogP contribution in [0.15, 0.2) is 23.2 Å². The molecule has 4 heteroatoms. The van der Waals surface area contributed by atoms with Crippen LogP contribution in [-0.2, 0) is 0 Å². The Kier molecular flexibility index (Phi) is 2.10. The van der Waals surface area contributed by atoms with Gasteiger partial charge < -0.3 is 11.1 Å². The van der Waals surface area contributed by atoms with E-state index in [1.807, 2.05) is 6.07 Å². The van der Waals surface area contributed by atoms with Gasteiger partial charge in [0.15, 0.2) is 0 Å². The largest absolute Gasteiger partial charge is 0.399 e. The summed E-state index contributed by atoms with van der Waals surface area (Å²) in [6, 6.07) is 5.40. The predicted octanol–water partition coefficient (Wildman–Crippen LogP) is 1.27. The molecule has 0 fully saturated rings.